The summed E-state index contributed by atoms with van der Waals surface area (Å²) < 4.78 is 14.1. The molecule has 0 atom stereocenters. The first kappa shape index (κ1) is 25.5. The van der Waals surface area contributed by atoms with Gasteiger partial charge in [-0.2, -0.15) is 5.10 Å². The number of halogens is 1. The molecule has 0 saturated carbocycles. The molecule has 0 amide bonds. The van der Waals surface area contributed by atoms with Crippen molar-refractivity contribution in [3.05, 3.63) is 88.8 Å². The number of nitrogens with one attached hydrogen (secondary N) is 2. The highest BCUT2D eigenvalue weighted by Gasteiger charge is 2.15. The number of nitrogens with zero attached hydrogens (tertiary/aromatic N) is 4. The highest BCUT2D eigenvalue weighted by Crippen LogP contribution is 2.32. The van der Waals surface area contributed by atoms with Crippen molar-refractivity contribution in [3.8, 4) is 28.3 Å². The molecular formula is C31H30FN7O. The van der Waals surface area contributed by atoms with Crippen LogP contribution in [0.2, 0.25) is 0 Å². The molecule has 1 aliphatic heterocycles. The van der Waals surface area contributed by atoms with E-state index in [9.17, 15) is 9.50 Å². The molecule has 0 bridgehead atoms. The van der Waals surface area contributed by atoms with Crippen LogP contribution >= 0.6 is 0 Å². The molecule has 0 aliphatic carbocycles. The van der Waals surface area contributed by atoms with Crippen molar-refractivity contribution in [2.45, 2.75) is 26.3 Å². The maximum atomic E-state index is 14.1. The lowest BCUT2D eigenvalue weighted by Crippen LogP contribution is -2.23. The van der Waals surface area contributed by atoms with Gasteiger partial charge in [0, 0.05) is 59.1 Å². The molecule has 0 radical (unpaired) electrons. The number of hydrogen-bond donors (Lipinski definition) is 4. The zero-order valence-corrected chi connectivity index (χ0v) is 22.2. The van der Waals surface area contributed by atoms with Gasteiger partial charge in [0.1, 0.15) is 17.3 Å². The quantitative estimate of drug-likeness (QED) is 0.261. The molecular weight excluding hydrogens is 505 g/mol. The van der Waals surface area contributed by atoms with E-state index in [1.54, 1.807) is 18.6 Å². The summed E-state index contributed by atoms with van der Waals surface area (Å²) in [5.41, 5.74) is 12.5. The van der Waals surface area contributed by atoms with Crippen molar-refractivity contribution < 1.29 is 9.50 Å². The Hall–Kier alpha value is -4.76. The number of aromatic nitrogens is 5. The lowest BCUT2D eigenvalue weighted by Gasteiger charge is -2.14. The molecule has 0 spiro atoms. The molecule has 5 heterocycles. The summed E-state index contributed by atoms with van der Waals surface area (Å²) in [6, 6.07) is 8.09. The van der Waals surface area contributed by atoms with E-state index >= 15 is 0 Å². The van der Waals surface area contributed by atoms with Gasteiger partial charge < -0.3 is 15.8 Å². The number of pyridine rings is 2. The van der Waals surface area contributed by atoms with E-state index in [2.05, 4.69) is 36.1 Å². The smallest absolute Gasteiger partial charge is 0.127 e. The number of phenolic OH excluding ortho intramolecular Hbond substituents is 1. The molecule has 1 aliphatic rings. The monoisotopic (exact) mass is 535 g/mol. The van der Waals surface area contributed by atoms with Crippen molar-refractivity contribution in [1.29, 1.82) is 0 Å². The van der Waals surface area contributed by atoms with Gasteiger partial charge in [0.25, 0.3) is 0 Å². The van der Waals surface area contributed by atoms with E-state index in [4.69, 9.17) is 5.73 Å². The van der Waals surface area contributed by atoms with E-state index < -0.39 is 5.82 Å². The summed E-state index contributed by atoms with van der Waals surface area (Å²) in [5.74, 6) is -0.662. The Morgan fingerprint density at radius 3 is 2.67 bits per heavy atom. The van der Waals surface area contributed by atoms with Crippen LogP contribution in [0.4, 0.5) is 4.39 Å². The molecule has 5 N–H and O–H groups in total. The minimum Gasteiger partial charge on any atom is -0.508 e. The highest BCUT2D eigenvalue weighted by molar-refractivity contribution is 5.97. The third-order valence-electron chi connectivity index (χ3n) is 7.33. The molecule has 1 saturated heterocycles. The predicted octanol–water partition coefficient (Wildman–Crippen LogP) is 4.04. The Bertz CT molecular complexity index is 1830. The maximum absolute atomic E-state index is 14.1. The third-order valence-corrected chi connectivity index (χ3v) is 7.33. The van der Waals surface area contributed by atoms with Gasteiger partial charge in [0.2, 0.25) is 0 Å². The summed E-state index contributed by atoms with van der Waals surface area (Å²) in [6.45, 7) is 5.05. The van der Waals surface area contributed by atoms with E-state index in [0.29, 0.717) is 16.8 Å². The van der Waals surface area contributed by atoms with Crippen LogP contribution in [-0.4, -0.2) is 48.2 Å². The largest absolute Gasteiger partial charge is 0.508 e. The molecule has 202 valence electrons. The number of likely N-dealkylation sites (tertiary alicyclic amines) is 1. The molecule has 0 unspecified atom stereocenters. The predicted molar refractivity (Wildman–Crippen MR) is 156 cm³/mol. The lowest BCUT2D eigenvalue weighted by molar-refractivity contribution is 0.331. The maximum Gasteiger partial charge on any atom is 0.127 e. The van der Waals surface area contributed by atoms with Crippen molar-refractivity contribution in [2.24, 2.45) is 5.73 Å². The number of H-pyrrole nitrogens is 2. The standard InChI is InChI=1S/C31H30FN7O/c1-2-28-26(10-21(13-33)22-7-19(14-34-15-22)18-39-5-3-4-6-39)31(38-37-28)29-12-25-27(16-35-17-30(25)36-29)20-8-23(32)11-24(40)9-20/h2,7-17,36-37,40H,3-6,18,33H2,1H3/b21-13+,26-10+,28-2-. The van der Waals surface area contributed by atoms with Crippen molar-refractivity contribution >= 4 is 28.6 Å². The van der Waals surface area contributed by atoms with Crippen LogP contribution in [0.15, 0.2) is 61.3 Å². The first-order valence-corrected chi connectivity index (χ1v) is 13.3. The van der Waals surface area contributed by atoms with Gasteiger partial charge in [-0.1, -0.05) is 6.08 Å². The number of fused-ring (bicyclic) bond motifs is 1. The van der Waals surface area contributed by atoms with E-state index in [1.807, 2.05) is 37.5 Å². The second kappa shape index (κ2) is 10.8. The number of nitrogens with two attached hydrogens (primary N) is 1. The molecule has 6 rings (SSSR count). The second-order valence-corrected chi connectivity index (χ2v) is 10.0. The summed E-state index contributed by atoms with van der Waals surface area (Å²) in [4.78, 5) is 14.7. The van der Waals surface area contributed by atoms with Crippen LogP contribution in [0.1, 0.15) is 30.9 Å². The number of allylic oxidation sites excluding steroid dienone is 1. The first-order valence-electron chi connectivity index (χ1n) is 13.3. The fourth-order valence-corrected chi connectivity index (χ4v) is 5.39. The normalized spacial score (nSPS) is 15.5. The molecule has 5 aromatic rings. The van der Waals surface area contributed by atoms with Crippen LogP contribution < -0.4 is 16.3 Å². The van der Waals surface area contributed by atoms with Gasteiger partial charge in [-0.15, -0.1) is 0 Å². The molecule has 40 heavy (non-hydrogen) atoms. The van der Waals surface area contributed by atoms with Crippen molar-refractivity contribution in [2.75, 3.05) is 13.1 Å². The van der Waals surface area contributed by atoms with Crippen molar-refractivity contribution in [1.82, 2.24) is 30.0 Å². The van der Waals surface area contributed by atoms with Gasteiger partial charge in [-0.05, 0) is 79.9 Å². The zero-order valence-electron chi connectivity index (χ0n) is 22.2. The minimum atomic E-state index is -0.518. The Morgan fingerprint density at radius 1 is 1.07 bits per heavy atom. The Morgan fingerprint density at radius 2 is 1.90 bits per heavy atom. The third kappa shape index (κ3) is 4.99. The Balaban J connectivity index is 1.43. The first-order chi connectivity index (χ1) is 19.5. The molecule has 1 aromatic carbocycles. The van der Waals surface area contributed by atoms with Crippen molar-refractivity contribution in [3.63, 3.8) is 0 Å². The molecule has 8 nitrogen and oxygen atoms in total. The van der Waals surface area contributed by atoms with Crippen LogP contribution in [-0.2, 0) is 6.54 Å². The number of hydrogen-bond acceptors (Lipinski definition) is 6. The highest BCUT2D eigenvalue weighted by atomic mass is 19.1. The van der Waals surface area contributed by atoms with Gasteiger partial charge in [0.05, 0.1) is 22.8 Å². The Labute approximate surface area is 230 Å². The summed E-state index contributed by atoms with van der Waals surface area (Å²) in [6.07, 6.45) is 15.2. The van der Waals surface area contributed by atoms with Crippen LogP contribution in [0.5, 0.6) is 5.75 Å². The number of aromatic hydroxyl groups is 1. The van der Waals surface area contributed by atoms with Gasteiger partial charge in [-0.25, -0.2) is 4.39 Å². The molecule has 9 heteroatoms. The summed E-state index contributed by atoms with van der Waals surface area (Å²) >= 11 is 0. The van der Waals surface area contributed by atoms with Crippen LogP contribution in [0.3, 0.4) is 0 Å². The number of aromatic amines is 2. The summed E-state index contributed by atoms with van der Waals surface area (Å²) in [5, 5.41) is 20.2. The Kier molecular flexibility index (Phi) is 6.88. The number of phenols is 1. The van der Waals surface area contributed by atoms with Crippen LogP contribution in [0, 0.1) is 5.82 Å². The van der Waals surface area contributed by atoms with E-state index in [-0.39, 0.29) is 5.75 Å². The minimum absolute atomic E-state index is 0.143. The summed E-state index contributed by atoms with van der Waals surface area (Å²) in [7, 11) is 0. The van der Waals surface area contributed by atoms with Gasteiger partial charge in [0.15, 0.2) is 0 Å². The number of benzene rings is 1. The molecule has 4 aromatic heterocycles. The number of rotatable bonds is 6. The zero-order chi connectivity index (χ0) is 27.6. The molecule has 1 fully saturated rings. The van der Waals surface area contributed by atoms with Gasteiger partial charge >= 0.3 is 0 Å². The van der Waals surface area contributed by atoms with E-state index in [0.717, 1.165) is 69.6 Å². The lowest BCUT2D eigenvalue weighted by atomic mass is 10.0. The fourth-order valence-electron chi connectivity index (χ4n) is 5.39. The fraction of sp³-hybridized carbons (Fsp3) is 0.194. The second-order valence-electron chi connectivity index (χ2n) is 10.0. The van der Waals surface area contributed by atoms with Gasteiger partial charge in [-0.3, -0.25) is 20.0 Å². The van der Waals surface area contributed by atoms with Crippen LogP contribution in [0.25, 0.3) is 51.1 Å². The average Bonchev–Trinajstić information content (AvgIpc) is 3.70. The average molecular weight is 536 g/mol. The topological polar surface area (TPSA) is 120 Å². The SMILES string of the molecule is C\C=c1/[nH]nc(-c2cc3c(-c4cc(O)cc(F)c4)cncc3[nH]2)/c1=C/C(=C\N)c1cncc(CN2CCCC2)c1. The van der Waals surface area contributed by atoms with E-state index in [1.165, 1.54) is 25.0 Å².